The van der Waals surface area contributed by atoms with E-state index >= 15 is 0 Å². The number of rotatable bonds is 8. The van der Waals surface area contributed by atoms with Crippen LogP contribution in [0.25, 0.3) is 0 Å². The lowest BCUT2D eigenvalue weighted by molar-refractivity contribution is -0.384. The quantitative estimate of drug-likeness (QED) is 0.300. The molecule has 0 aliphatic heterocycles. The van der Waals surface area contributed by atoms with E-state index in [9.17, 15) is 19.7 Å². The molecule has 2 aromatic carbocycles. The van der Waals surface area contributed by atoms with Gasteiger partial charge in [-0.25, -0.2) is 0 Å². The van der Waals surface area contributed by atoms with E-state index in [1.807, 2.05) is 13.0 Å². The number of nitro benzene ring substituents is 1. The Morgan fingerprint density at radius 1 is 1.07 bits per heavy atom. The van der Waals surface area contributed by atoms with E-state index in [2.05, 4.69) is 10.6 Å². The molecule has 1 heterocycles. The molecule has 2 amide bonds. The van der Waals surface area contributed by atoms with E-state index in [1.54, 1.807) is 30.3 Å². The van der Waals surface area contributed by atoms with Crippen molar-refractivity contribution in [1.29, 1.82) is 0 Å². The molecular formula is C21H19N3O5S. The highest BCUT2D eigenvalue weighted by molar-refractivity contribution is 8.00. The molecule has 2 N–H and O–H groups in total. The van der Waals surface area contributed by atoms with E-state index < -0.39 is 4.92 Å². The summed E-state index contributed by atoms with van der Waals surface area (Å²) in [6.07, 6.45) is 2.00. The van der Waals surface area contributed by atoms with Gasteiger partial charge in [0.05, 0.1) is 16.4 Å². The molecule has 0 saturated heterocycles. The van der Waals surface area contributed by atoms with Gasteiger partial charge < -0.3 is 15.1 Å². The maximum Gasteiger partial charge on any atom is 0.291 e. The second kappa shape index (κ2) is 9.75. The Morgan fingerprint density at radius 3 is 2.47 bits per heavy atom. The number of nitrogens with one attached hydrogen (secondary N) is 2. The number of carbonyl (C=O) groups excluding carboxylic acids is 2. The molecular weight excluding hydrogens is 406 g/mol. The van der Waals surface area contributed by atoms with Crippen LogP contribution in [0.3, 0.4) is 0 Å². The Bertz CT molecular complexity index is 1040. The molecule has 3 rings (SSSR count). The third kappa shape index (κ3) is 5.48. The number of amides is 2. The average molecular weight is 425 g/mol. The van der Waals surface area contributed by atoms with Gasteiger partial charge in [-0.15, -0.1) is 11.8 Å². The monoisotopic (exact) mass is 425 g/mol. The molecule has 1 unspecified atom stereocenters. The molecule has 8 nitrogen and oxygen atoms in total. The number of nitro groups is 1. The number of benzene rings is 2. The Hall–Kier alpha value is -3.59. The van der Waals surface area contributed by atoms with Crippen molar-refractivity contribution in [2.45, 2.75) is 23.5 Å². The molecule has 0 radical (unpaired) electrons. The molecule has 1 aromatic heterocycles. The Labute approximate surface area is 176 Å². The number of anilines is 2. The van der Waals surface area contributed by atoms with Crippen molar-refractivity contribution in [2.75, 3.05) is 10.6 Å². The lowest BCUT2D eigenvalue weighted by atomic mass is 10.2. The lowest BCUT2D eigenvalue weighted by Gasteiger charge is -2.15. The minimum Gasteiger partial charge on any atom is -0.459 e. The van der Waals surface area contributed by atoms with Crippen LogP contribution in [0.5, 0.6) is 0 Å². The van der Waals surface area contributed by atoms with Gasteiger partial charge in [0.15, 0.2) is 5.76 Å². The molecule has 0 bridgehead atoms. The van der Waals surface area contributed by atoms with E-state index in [0.29, 0.717) is 17.8 Å². The summed E-state index contributed by atoms with van der Waals surface area (Å²) in [6, 6.07) is 16.1. The summed E-state index contributed by atoms with van der Waals surface area (Å²) in [6.45, 7) is 1.90. The van der Waals surface area contributed by atoms with Crippen LogP contribution in [0.4, 0.5) is 17.1 Å². The first kappa shape index (κ1) is 21.1. The first-order chi connectivity index (χ1) is 14.5. The van der Waals surface area contributed by atoms with Crippen molar-refractivity contribution in [3.8, 4) is 0 Å². The van der Waals surface area contributed by atoms with Gasteiger partial charge in [0, 0.05) is 28.4 Å². The number of non-ortho nitro benzene ring substituents is 1. The van der Waals surface area contributed by atoms with Crippen molar-refractivity contribution < 1.29 is 18.9 Å². The fourth-order valence-electron chi connectivity index (χ4n) is 2.62. The van der Waals surface area contributed by atoms with E-state index in [4.69, 9.17) is 4.42 Å². The van der Waals surface area contributed by atoms with Gasteiger partial charge in [-0.2, -0.15) is 0 Å². The summed E-state index contributed by atoms with van der Waals surface area (Å²) in [5.41, 5.74) is 1.04. The minimum atomic E-state index is -0.492. The van der Waals surface area contributed by atoms with Crippen molar-refractivity contribution in [1.82, 2.24) is 0 Å². The van der Waals surface area contributed by atoms with Gasteiger partial charge in [0.25, 0.3) is 11.6 Å². The Morgan fingerprint density at radius 2 is 1.83 bits per heavy atom. The number of hydrogen-bond acceptors (Lipinski definition) is 6. The molecule has 3 aromatic rings. The molecule has 1 atom stereocenters. The van der Waals surface area contributed by atoms with Crippen molar-refractivity contribution in [3.63, 3.8) is 0 Å². The van der Waals surface area contributed by atoms with Crippen LogP contribution in [0.2, 0.25) is 0 Å². The highest BCUT2D eigenvalue weighted by Crippen LogP contribution is 2.29. The van der Waals surface area contributed by atoms with E-state index in [0.717, 1.165) is 4.90 Å². The van der Waals surface area contributed by atoms with Gasteiger partial charge in [0.1, 0.15) is 0 Å². The summed E-state index contributed by atoms with van der Waals surface area (Å²) < 4.78 is 5.08. The Balaban J connectivity index is 1.63. The predicted molar refractivity (Wildman–Crippen MR) is 115 cm³/mol. The molecule has 154 valence electrons. The normalized spacial score (nSPS) is 11.5. The molecule has 9 heteroatoms. The largest absolute Gasteiger partial charge is 0.459 e. The maximum absolute atomic E-state index is 12.6. The van der Waals surface area contributed by atoms with Crippen LogP contribution in [0.15, 0.2) is 76.2 Å². The zero-order valence-electron chi connectivity index (χ0n) is 16.0. The first-order valence-electron chi connectivity index (χ1n) is 9.13. The standard InChI is InChI=1S/C21H19N3O5S/c1-2-19(21(26)22-14-8-10-16(11-9-14)24(27)28)30-17-6-3-5-15(13-17)23-20(25)18-7-4-12-29-18/h3-13,19H,2H2,1H3,(H,22,26)(H,23,25). The second-order valence-electron chi connectivity index (χ2n) is 6.27. The molecule has 0 spiro atoms. The zero-order chi connectivity index (χ0) is 21.5. The van der Waals surface area contributed by atoms with Crippen molar-refractivity contribution in [3.05, 3.63) is 82.8 Å². The first-order valence-corrected chi connectivity index (χ1v) is 10.0. The summed E-state index contributed by atoms with van der Waals surface area (Å²) >= 11 is 1.37. The topological polar surface area (TPSA) is 114 Å². The lowest BCUT2D eigenvalue weighted by Crippen LogP contribution is -2.24. The fraction of sp³-hybridized carbons (Fsp3) is 0.143. The molecule has 30 heavy (non-hydrogen) atoms. The van der Waals surface area contributed by atoms with Crippen LogP contribution in [0, 0.1) is 10.1 Å². The molecule has 0 aliphatic carbocycles. The molecule has 0 saturated carbocycles. The fourth-order valence-corrected chi connectivity index (χ4v) is 3.64. The van der Waals surface area contributed by atoms with Crippen LogP contribution < -0.4 is 10.6 Å². The van der Waals surface area contributed by atoms with Crippen LogP contribution >= 0.6 is 11.8 Å². The van der Waals surface area contributed by atoms with Gasteiger partial charge in [-0.1, -0.05) is 13.0 Å². The number of hydrogen-bond donors (Lipinski definition) is 2. The number of nitrogens with zero attached hydrogens (tertiary/aromatic N) is 1. The minimum absolute atomic E-state index is 0.0390. The summed E-state index contributed by atoms with van der Waals surface area (Å²) in [5.74, 6) is -0.353. The highest BCUT2D eigenvalue weighted by Gasteiger charge is 2.19. The molecule has 0 fully saturated rings. The second-order valence-corrected chi connectivity index (χ2v) is 7.54. The highest BCUT2D eigenvalue weighted by atomic mass is 32.2. The van der Waals surface area contributed by atoms with Crippen LogP contribution in [-0.2, 0) is 4.79 Å². The zero-order valence-corrected chi connectivity index (χ0v) is 16.8. The molecule has 0 aliphatic rings. The van der Waals surface area contributed by atoms with E-state index in [-0.39, 0.29) is 28.5 Å². The SMILES string of the molecule is CCC(Sc1cccc(NC(=O)c2ccco2)c1)C(=O)Nc1ccc([N+](=O)[O-])cc1. The summed E-state index contributed by atoms with van der Waals surface area (Å²) in [4.78, 5) is 35.8. The van der Waals surface area contributed by atoms with Crippen molar-refractivity contribution >= 4 is 40.6 Å². The third-order valence-corrected chi connectivity index (χ3v) is 5.48. The van der Waals surface area contributed by atoms with Gasteiger partial charge in [-0.3, -0.25) is 19.7 Å². The number of carbonyl (C=O) groups is 2. The van der Waals surface area contributed by atoms with Crippen LogP contribution in [0.1, 0.15) is 23.9 Å². The number of furan rings is 1. The van der Waals surface area contributed by atoms with Crippen molar-refractivity contribution in [2.24, 2.45) is 0 Å². The van der Waals surface area contributed by atoms with E-state index in [1.165, 1.54) is 42.3 Å². The summed E-state index contributed by atoms with van der Waals surface area (Å²) in [5, 5.41) is 15.9. The van der Waals surface area contributed by atoms with Gasteiger partial charge in [-0.05, 0) is 48.9 Å². The third-order valence-electron chi connectivity index (χ3n) is 4.12. The summed E-state index contributed by atoms with van der Waals surface area (Å²) in [7, 11) is 0. The number of thioether (sulfide) groups is 1. The van der Waals surface area contributed by atoms with Gasteiger partial charge in [0.2, 0.25) is 5.91 Å². The Kier molecular flexibility index (Phi) is 6.87. The van der Waals surface area contributed by atoms with Gasteiger partial charge >= 0.3 is 0 Å². The average Bonchev–Trinajstić information content (AvgIpc) is 3.28. The predicted octanol–water partition coefficient (Wildman–Crippen LogP) is 4.95. The smallest absolute Gasteiger partial charge is 0.291 e. The van der Waals surface area contributed by atoms with Crippen LogP contribution in [-0.4, -0.2) is 22.0 Å². The maximum atomic E-state index is 12.6.